The van der Waals surface area contributed by atoms with Crippen LogP contribution in [0.3, 0.4) is 0 Å². The molecule has 6 nitrogen and oxygen atoms in total. The fraction of sp³-hybridized carbons (Fsp3) is 0.684. The summed E-state index contributed by atoms with van der Waals surface area (Å²) in [5.74, 6) is -3.30. The molecule has 0 aliphatic heterocycles. The van der Waals surface area contributed by atoms with Crippen molar-refractivity contribution in [2.75, 3.05) is 6.61 Å². The summed E-state index contributed by atoms with van der Waals surface area (Å²) in [5.41, 5.74) is -1.18. The lowest BCUT2D eigenvalue weighted by molar-refractivity contribution is -0.150. The van der Waals surface area contributed by atoms with Crippen LogP contribution in [0.1, 0.15) is 40.0 Å². The normalized spacial score (nSPS) is 34.2. The minimum Gasteiger partial charge on any atom is -0.481 e. The molecule has 6 heteroatoms. The molecule has 2 saturated carbocycles. The van der Waals surface area contributed by atoms with Crippen molar-refractivity contribution in [1.29, 1.82) is 0 Å². The number of nitrogens with one attached hydrogen (secondary N) is 1. The highest BCUT2D eigenvalue weighted by Gasteiger charge is 2.62. The number of rotatable bonds is 6. The van der Waals surface area contributed by atoms with Gasteiger partial charge < -0.3 is 15.2 Å². The highest BCUT2D eigenvalue weighted by molar-refractivity contribution is 5.94. The molecule has 0 aromatic rings. The summed E-state index contributed by atoms with van der Waals surface area (Å²) in [7, 11) is 0. The number of amides is 1. The van der Waals surface area contributed by atoms with Gasteiger partial charge in [-0.25, -0.2) is 4.79 Å². The first kappa shape index (κ1) is 19.3. The Balaban J connectivity index is 2.16. The highest BCUT2D eigenvalue weighted by atomic mass is 16.5. The van der Waals surface area contributed by atoms with Gasteiger partial charge in [0.05, 0.1) is 11.8 Å². The molecule has 2 N–H and O–H groups in total. The monoisotopic (exact) mass is 350 g/mol. The maximum absolute atomic E-state index is 12.8. The molecule has 0 radical (unpaired) electrons. The molecule has 0 spiro atoms. The van der Waals surface area contributed by atoms with Gasteiger partial charge in [0.15, 0.2) is 0 Å². The fourth-order valence-electron chi connectivity index (χ4n) is 3.84. The lowest BCUT2D eigenvalue weighted by atomic mass is 9.79. The maximum atomic E-state index is 12.8. The minimum absolute atomic E-state index is 0.0202. The second-order valence-corrected chi connectivity index (χ2v) is 8.23. The molecule has 5 unspecified atom stereocenters. The summed E-state index contributed by atoms with van der Waals surface area (Å²) in [4.78, 5) is 36.7. The van der Waals surface area contributed by atoms with Crippen molar-refractivity contribution in [2.24, 2.45) is 29.1 Å². The average Bonchev–Trinajstić information content (AvgIpc) is 3.02. The molecule has 0 saturated heterocycles. The van der Waals surface area contributed by atoms with E-state index in [0.717, 1.165) is 0 Å². The van der Waals surface area contributed by atoms with E-state index in [1.807, 2.05) is 0 Å². The molecule has 2 aliphatic rings. The Morgan fingerprint density at radius 3 is 2.36 bits per heavy atom. The number of carbonyl (C=O) groups is 3. The van der Waals surface area contributed by atoms with Crippen LogP contribution >= 0.6 is 0 Å². The predicted octanol–water partition coefficient (Wildman–Crippen LogP) is 2.20. The summed E-state index contributed by atoms with van der Waals surface area (Å²) in [5, 5.41) is 12.3. The molecular weight excluding hydrogens is 322 g/mol. The SMILES string of the molecule is C=CC1CC1(NC(=O)C1CC(C(C)(C)C)CC1C(=O)O)C(=O)OC[CH2+]. The van der Waals surface area contributed by atoms with E-state index in [0.29, 0.717) is 19.3 Å². The third kappa shape index (κ3) is 3.67. The molecule has 138 valence electrons. The van der Waals surface area contributed by atoms with E-state index in [9.17, 15) is 19.5 Å². The molecule has 2 rings (SSSR count). The van der Waals surface area contributed by atoms with E-state index in [1.165, 1.54) is 0 Å². The van der Waals surface area contributed by atoms with E-state index >= 15 is 0 Å². The number of hydrogen-bond donors (Lipinski definition) is 2. The van der Waals surface area contributed by atoms with E-state index in [1.54, 1.807) is 6.08 Å². The van der Waals surface area contributed by atoms with Crippen LogP contribution in [0.15, 0.2) is 12.7 Å². The number of carboxylic acids is 1. The molecule has 0 bridgehead atoms. The summed E-state index contributed by atoms with van der Waals surface area (Å²) in [6.07, 6.45) is 3.02. The van der Waals surface area contributed by atoms with Gasteiger partial charge in [0.25, 0.3) is 0 Å². The van der Waals surface area contributed by atoms with Gasteiger partial charge >= 0.3 is 11.9 Å². The molecule has 2 fully saturated rings. The van der Waals surface area contributed by atoms with Crippen LogP contribution in [0.5, 0.6) is 0 Å². The topological polar surface area (TPSA) is 92.7 Å². The Bertz CT molecular complexity index is 579. The molecule has 5 atom stereocenters. The van der Waals surface area contributed by atoms with Gasteiger partial charge in [0.2, 0.25) is 12.5 Å². The smallest absolute Gasteiger partial charge is 0.335 e. The second kappa shape index (κ2) is 6.73. The van der Waals surface area contributed by atoms with Crippen molar-refractivity contribution in [3.8, 4) is 0 Å². The quantitative estimate of drug-likeness (QED) is 0.435. The van der Waals surface area contributed by atoms with Gasteiger partial charge in [-0.1, -0.05) is 26.8 Å². The summed E-state index contributed by atoms with van der Waals surface area (Å²) in [6.45, 7) is 13.3. The minimum atomic E-state index is -1.11. The molecule has 2 aliphatic carbocycles. The zero-order chi connectivity index (χ0) is 19.0. The Morgan fingerprint density at radius 2 is 1.92 bits per heavy atom. The van der Waals surface area contributed by atoms with Crippen LogP contribution < -0.4 is 5.32 Å². The highest BCUT2D eigenvalue weighted by Crippen LogP contribution is 2.48. The molecule has 0 aromatic carbocycles. The third-order valence-electron chi connectivity index (χ3n) is 5.68. The van der Waals surface area contributed by atoms with E-state index in [-0.39, 0.29) is 29.8 Å². The van der Waals surface area contributed by atoms with Crippen molar-refractivity contribution in [2.45, 2.75) is 45.6 Å². The van der Waals surface area contributed by atoms with E-state index in [2.05, 4.69) is 39.6 Å². The fourth-order valence-corrected chi connectivity index (χ4v) is 3.84. The Hall–Kier alpha value is -1.98. The number of esters is 1. The van der Waals surface area contributed by atoms with Gasteiger partial charge in [0.1, 0.15) is 12.5 Å². The maximum Gasteiger partial charge on any atom is 0.335 e. The molecule has 0 aromatic heterocycles. The first-order valence-electron chi connectivity index (χ1n) is 8.70. The second-order valence-electron chi connectivity index (χ2n) is 8.23. The first-order chi connectivity index (χ1) is 11.6. The van der Waals surface area contributed by atoms with Crippen LogP contribution in [-0.2, 0) is 19.1 Å². The summed E-state index contributed by atoms with van der Waals surface area (Å²) in [6, 6.07) is 0. The Morgan fingerprint density at radius 1 is 1.32 bits per heavy atom. The summed E-state index contributed by atoms with van der Waals surface area (Å²) >= 11 is 0. The van der Waals surface area contributed by atoms with Crippen LogP contribution in [0.25, 0.3) is 0 Å². The lowest BCUT2D eigenvalue weighted by Crippen LogP contribution is -2.49. The van der Waals surface area contributed by atoms with Gasteiger partial charge in [-0.15, -0.1) is 6.58 Å². The molecular formula is C19H28NO5+. The van der Waals surface area contributed by atoms with E-state index in [4.69, 9.17) is 4.74 Å². The summed E-state index contributed by atoms with van der Waals surface area (Å²) < 4.78 is 4.99. The number of ether oxygens (including phenoxy) is 1. The van der Waals surface area contributed by atoms with Crippen molar-refractivity contribution in [1.82, 2.24) is 5.32 Å². The van der Waals surface area contributed by atoms with Gasteiger partial charge in [-0.05, 0) is 30.6 Å². The lowest BCUT2D eigenvalue weighted by Gasteiger charge is -2.27. The average molecular weight is 350 g/mol. The number of carbonyl (C=O) groups excluding carboxylic acids is 2. The largest absolute Gasteiger partial charge is 0.481 e. The van der Waals surface area contributed by atoms with Crippen LogP contribution in [-0.4, -0.2) is 35.1 Å². The molecule has 0 heterocycles. The van der Waals surface area contributed by atoms with Crippen LogP contribution in [0, 0.1) is 36.0 Å². The molecule has 25 heavy (non-hydrogen) atoms. The van der Waals surface area contributed by atoms with Gasteiger partial charge in [-0.2, -0.15) is 0 Å². The van der Waals surface area contributed by atoms with Crippen molar-refractivity contribution in [3.05, 3.63) is 19.6 Å². The van der Waals surface area contributed by atoms with E-state index < -0.39 is 29.3 Å². The standard InChI is InChI=1S/C19H27NO5/c1-6-11-10-19(11,17(24)25-7-2)20-15(21)13-8-12(18(3,4)5)9-14(13)16(22)23/h6,11-14H,1-2,7-10H2,3-5H3,(H-,20,21,22,23)/p+1. The number of aliphatic carboxylic acids is 1. The predicted molar refractivity (Wildman–Crippen MR) is 92.3 cm³/mol. The Kier molecular flexibility index (Phi) is 5.21. The zero-order valence-electron chi connectivity index (χ0n) is 15.2. The van der Waals surface area contributed by atoms with Crippen molar-refractivity contribution < 1.29 is 24.2 Å². The van der Waals surface area contributed by atoms with Crippen LogP contribution in [0.2, 0.25) is 0 Å². The Labute approximate surface area is 149 Å². The third-order valence-corrected chi connectivity index (χ3v) is 5.68. The van der Waals surface area contributed by atoms with Gasteiger partial charge in [-0.3, -0.25) is 9.59 Å². The van der Waals surface area contributed by atoms with Gasteiger partial charge in [0, 0.05) is 5.92 Å². The zero-order valence-corrected chi connectivity index (χ0v) is 15.2. The van der Waals surface area contributed by atoms with Crippen molar-refractivity contribution in [3.63, 3.8) is 0 Å². The molecule has 1 amide bonds. The number of carboxylic acid groups (broad SMARTS) is 1. The van der Waals surface area contributed by atoms with Crippen LogP contribution in [0.4, 0.5) is 0 Å². The first-order valence-corrected chi connectivity index (χ1v) is 8.70. The number of hydrogen-bond acceptors (Lipinski definition) is 4. The van der Waals surface area contributed by atoms with Crippen molar-refractivity contribution >= 4 is 17.8 Å².